The van der Waals surface area contributed by atoms with E-state index < -0.39 is 10.9 Å². The van der Waals surface area contributed by atoms with Gasteiger partial charge in [0.15, 0.2) is 5.69 Å². The van der Waals surface area contributed by atoms with Gasteiger partial charge in [0.05, 0.1) is 30.4 Å². The van der Waals surface area contributed by atoms with E-state index >= 15 is 0 Å². The summed E-state index contributed by atoms with van der Waals surface area (Å²) in [6, 6.07) is 8.74. The predicted molar refractivity (Wildman–Crippen MR) is 82.9 cm³/mol. The Kier molecular flexibility index (Phi) is 4.65. The van der Waals surface area contributed by atoms with Gasteiger partial charge in [-0.1, -0.05) is 12.1 Å². The minimum Gasteiger partial charge on any atom is -0.495 e. The van der Waals surface area contributed by atoms with E-state index in [0.717, 1.165) is 0 Å². The zero-order valence-electron chi connectivity index (χ0n) is 12.4. The minimum absolute atomic E-state index is 0.0481. The number of aromatic carboxylic acids is 1. The number of carboxylic acid groups (broad SMARTS) is 1. The third-order valence-electron chi connectivity index (χ3n) is 3.15. The van der Waals surface area contributed by atoms with E-state index in [0.29, 0.717) is 0 Å². The van der Waals surface area contributed by atoms with Crippen LogP contribution in [0.25, 0.3) is 0 Å². The Hall–Kier alpha value is -3.29. The summed E-state index contributed by atoms with van der Waals surface area (Å²) in [6.07, 6.45) is 0. The van der Waals surface area contributed by atoms with Gasteiger partial charge in [-0.2, -0.15) is 0 Å². The van der Waals surface area contributed by atoms with Crippen molar-refractivity contribution in [3.63, 3.8) is 0 Å². The number of ether oxygens (including phenoxy) is 2. The summed E-state index contributed by atoms with van der Waals surface area (Å²) >= 11 is 0. The number of carbonyl (C=O) groups is 1. The first-order valence-electron chi connectivity index (χ1n) is 6.48. The highest BCUT2D eigenvalue weighted by molar-refractivity contribution is 5.98. The molecule has 2 aromatic rings. The summed E-state index contributed by atoms with van der Waals surface area (Å²) in [4.78, 5) is 22.0. The second-order valence-corrected chi connectivity index (χ2v) is 4.42. The third-order valence-corrected chi connectivity index (χ3v) is 3.15. The van der Waals surface area contributed by atoms with Crippen molar-refractivity contribution in [2.75, 3.05) is 19.5 Å². The van der Waals surface area contributed by atoms with Crippen molar-refractivity contribution < 1.29 is 24.3 Å². The summed E-state index contributed by atoms with van der Waals surface area (Å²) < 4.78 is 10.3. The van der Waals surface area contributed by atoms with Crippen LogP contribution in [0, 0.1) is 10.1 Å². The monoisotopic (exact) mass is 318 g/mol. The predicted octanol–water partition coefficient (Wildman–Crippen LogP) is 3.05. The number of methoxy groups -OCH3 is 2. The minimum atomic E-state index is -1.19. The first kappa shape index (κ1) is 16.1. The number of rotatable bonds is 6. The first-order chi connectivity index (χ1) is 11.0. The molecule has 0 heterocycles. The molecule has 0 amide bonds. The molecule has 0 unspecified atom stereocenters. The molecular formula is C15H14N2O6. The summed E-state index contributed by atoms with van der Waals surface area (Å²) in [5, 5.41) is 23.3. The number of nitrogens with zero attached hydrogens (tertiary/aromatic N) is 1. The van der Waals surface area contributed by atoms with Crippen molar-refractivity contribution in [2.24, 2.45) is 0 Å². The Morgan fingerprint density at radius 3 is 2.17 bits per heavy atom. The number of nitro groups is 1. The van der Waals surface area contributed by atoms with Crippen LogP contribution in [0.5, 0.6) is 11.5 Å². The fourth-order valence-corrected chi connectivity index (χ4v) is 2.10. The SMILES string of the molecule is COc1cccc(C(=O)O)c1Nc1c(OC)cccc1[N+](=O)[O-]. The molecule has 0 saturated carbocycles. The van der Waals surface area contributed by atoms with Crippen LogP contribution in [0.4, 0.5) is 17.1 Å². The molecule has 8 heteroatoms. The molecule has 8 nitrogen and oxygen atoms in total. The maximum absolute atomic E-state index is 11.4. The Balaban J connectivity index is 2.64. The number of anilines is 2. The van der Waals surface area contributed by atoms with E-state index in [1.165, 1.54) is 44.6 Å². The second-order valence-electron chi connectivity index (χ2n) is 4.42. The van der Waals surface area contributed by atoms with E-state index in [2.05, 4.69) is 5.32 Å². The van der Waals surface area contributed by atoms with Crippen LogP contribution in [0.1, 0.15) is 10.4 Å². The van der Waals surface area contributed by atoms with Crippen LogP contribution in [-0.2, 0) is 0 Å². The number of nitrogens with one attached hydrogen (secondary N) is 1. The van der Waals surface area contributed by atoms with Gasteiger partial charge in [0.25, 0.3) is 5.69 Å². The molecule has 0 bridgehead atoms. The largest absolute Gasteiger partial charge is 0.495 e. The molecule has 0 spiro atoms. The fourth-order valence-electron chi connectivity index (χ4n) is 2.10. The lowest BCUT2D eigenvalue weighted by atomic mass is 10.1. The normalized spacial score (nSPS) is 10.0. The maximum Gasteiger partial charge on any atom is 0.337 e. The second kappa shape index (κ2) is 6.65. The summed E-state index contributed by atoms with van der Waals surface area (Å²) in [5.74, 6) is -0.740. The quantitative estimate of drug-likeness (QED) is 0.622. The molecular weight excluding hydrogens is 304 g/mol. The lowest BCUT2D eigenvalue weighted by Gasteiger charge is -2.15. The number of nitro benzene ring substituents is 1. The molecule has 23 heavy (non-hydrogen) atoms. The Morgan fingerprint density at radius 1 is 1.09 bits per heavy atom. The number of hydrogen-bond donors (Lipinski definition) is 2. The van der Waals surface area contributed by atoms with Crippen molar-refractivity contribution in [2.45, 2.75) is 0 Å². The molecule has 0 radical (unpaired) electrons. The van der Waals surface area contributed by atoms with Crippen LogP contribution in [0.15, 0.2) is 36.4 Å². The molecule has 0 aliphatic rings. The molecule has 0 aliphatic carbocycles. The molecule has 2 N–H and O–H groups in total. The molecule has 2 rings (SSSR count). The number of carboxylic acids is 1. The standard InChI is InChI=1S/C15H14N2O6/c1-22-11-7-3-5-9(15(18)19)13(11)16-14-10(17(20)21)6-4-8-12(14)23-2/h3-8,16H,1-2H3,(H,18,19). The van der Waals surface area contributed by atoms with E-state index in [9.17, 15) is 20.0 Å². The van der Waals surface area contributed by atoms with E-state index in [4.69, 9.17) is 9.47 Å². The molecule has 0 atom stereocenters. The molecule has 0 aliphatic heterocycles. The Labute approximate surface area is 131 Å². The van der Waals surface area contributed by atoms with Gasteiger partial charge in [-0.25, -0.2) is 4.79 Å². The van der Waals surface area contributed by atoms with Gasteiger partial charge in [-0.3, -0.25) is 10.1 Å². The topological polar surface area (TPSA) is 111 Å². The summed E-state index contributed by atoms with van der Waals surface area (Å²) in [7, 11) is 2.74. The zero-order valence-corrected chi connectivity index (χ0v) is 12.4. The average Bonchev–Trinajstić information content (AvgIpc) is 2.54. The van der Waals surface area contributed by atoms with Crippen LogP contribution in [-0.4, -0.2) is 30.2 Å². The Bertz CT molecular complexity index is 696. The molecule has 0 aromatic heterocycles. The molecule has 120 valence electrons. The van der Waals surface area contributed by atoms with Gasteiger partial charge in [-0.15, -0.1) is 0 Å². The number of hydrogen-bond acceptors (Lipinski definition) is 6. The highest BCUT2D eigenvalue weighted by Gasteiger charge is 2.22. The highest BCUT2D eigenvalue weighted by atomic mass is 16.6. The van der Waals surface area contributed by atoms with Crippen molar-refractivity contribution in [1.82, 2.24) is 0 Å². The third kappa shape index (κ3) is 3.15. The maximum atomic E-state index is 11.4. The fraction of sp³-hybridized carbons (Fsp3) is 0.133. The van der Waals surface area contributed by atoms with Crippen molar-refractivity contribution in [3.05, 3.63) is 52.1 Å². The summed E-state index contributed by atoms with van der Waals surface area (Å²) in [5.41, 5.74) is -0.168. The van der Waals surface area contributed by atoms with Crippen LogP contribution >= 0.6 is 0 Å². The summed E-state index contributed by atoms with van der Waals surface area (Å²) in [6.45, 7) is 0. The van der Waals surface area contributed by atoms with Crippen molar-refractivity contribution in [3.8, 4) is 11.5 Å². The molecule has 0 fully saturated rings. The van der Waals surface area contributed by atoms with Gasteiger partial charge < -0.3 is 19.9 Å². The van der Waals surface area contributed by atoms with Crippen LogP contribution in [0.2, 0.25) is 0 Å². The van der Waals surface area contributed by atoms with Crippen LogP contribution < -0.4 is 14.8 Å². The van der Waals surface area contributed by atoms with Crippen molar-refractivity contribution >= 4 is 23.0 Å². The number of para-hydroxylation sites is 2. The highest BCUT2D eigenvalue weighted by Crippen LogP contribution is 2.40. The van der Waals surface area contributed by atoms with Gasteiger partial charge >= 0.3 is 5.97 Å². The van der Waals surface area contributed by atoms with Crippen LogP contribution in [0.3, 0.4) is 0 Å². The van der Waals surface area contributed by atoms with Crippen molar-refractivity contribution in [1.29, 1.82) is 0 Å². The van der Waals surface area contributed by atoms with Gasteiger partial charge in [0.1, 0.15) is 11.5 Å². The van der Waals surface area contributed by atoms with E-state index in [1.807, 2.05) is 0 Å². The Morgan fingerprint density at radius 2 is 1.65 bits per heavy atom. The van der Waals surface area contributed by atoms with E-state index in [1.54, 1.807) is 6.07 Å². The van der Waals surface area contributed by atoms with Gasteiger partial charge in [-0.05, 0) is 18.2 Å². The average molecular weight is 318 g/mol. The lowest BCUT2D eigenvalue weighted by molar-refractivity contribution is -0.384. The van der Waals surface area contributed by atoms with E-state index in [-0.39, 0.29) is 34.1 Å². The zero-order chi connectivity index (χ0) is 17.0. The lowest BCUT2D eigenvalue weighted by Crippen LogP contribution is -2.07. The molecule has 2 aromatic carbocycles. The first-order valence-corrected chi connectivity index (χ1v) is 6.48. The smallest absolute Gasteiger partial charge is 0.337 e. The van der Waals surface area contributed by atoms with Gasteiger partial charge in [0, 0.05) is 6.07 Å². The molecule has 0 saturated heterocycles. The number of benzene rings is 2. The van der Waals surface area contributed by atoms with Gasteiger partial charge in [0.2, 0.25) is 0 Å².